The number of H-pyrrole nitrogens is 1. The summed E-state index contributed by atoms with van der Waals surface area (Å²) in [7, 11) is 0. The van der Waals surface area contributed by atoms with E-state index in [2.05, 4.69) is 21.4 Å². The average molecular weight is 351 g/mol. The third-order valence-electron chi connectivity index (χ3n) is 4.53. The van der Waals surface area contributed by atoms with Crippen LogP contribution >= 0.6 is 0 Å². The largest absolute Gasteiger partial charge is 0.472 e. The number of benzene rings is 1. The molecule has 1 atom stereocenters. The number of nitrogens with one attached hydrogen (secondary N) is 2. The number of rotatable bonds is 6. The molecule has 0 saturated carbocycles. The standard InChI is InChI=1S/C20H21N3O3/c24-20(14-5-8-21-19(11-14)26-16-7-10-25-13-16)22-9-6-15-12-23-18-4-2-1-3-17(15)18/h1-5,8,11-12,16,23H,6-7,9-10,13H2,(H,22,24). The van der Waals surface area contributed by atoms with Crippen molar-refractivity contribution in [3.63, 3.8) is 0 Å². The van der Waals surface area contributed by atoms with Gasteiger partial charge in [-0.3, -0.25) is 4.79 Å². The second-order valence-corrected chi connectivity index (χ2v) is 6.35. The van der Waals surface area contributed by atoms with E-state index in [9.17, 15) is 4.79 Å². The van der Waals surface area contributed by atoms with Crippen LogP contribution in [0.5, 0.6) is 5.88 Å². The Bertz CT molecular complexity index is 900. The van der Waals surface area contributed by atoms with Crippen molar-refractivity contribution in [2.75, 3.05) is 19.8 Å². The molecule has 1 unspecified atom stereocenters. The highest BCUT2D eigenvalue weighted by atomic mass is 16.5. The Hall–Kier alpha value is -2.86. The predicted octanol–water partition coefficient (Wildman–Crippen LogP) is 2.70. The molecule has 6 nitrogen and oxygen atoms in total. The molecule has 4 rings (SSSR count). The van der Waals surface area contributed by atoms with Gasteiger partial charge in [0.1, 0.15) is 6.10 Å². The zero-order valence-corrected chi connectivity index (χ0v) is 14.4. The van der Waals surface area contributed by atoms with Crippen LogP contribution in [0.25, 0.3) is 10.9 Å². The minimum absolute atomic E-state index is 0.0164. The van der Waals surface area contributed by atoms with Crippen LogP contribution in [-0.4, -0.2) is 41.7 Å². The zero-order valence-electron chi connectivity index (χ0n) is 14.4. The quantitative estimate of drug-likeness (QED) is 0.716. The number of aromatic nitrogens is 2. The lowest BCUT2D eigenvalue weighted by Crippen LogP contribution is -2.26. The molecule has 6 heteroatoms. The van der Waals surface area contributed by atoms with E-state index in [0.717, 1.165) is 18.4 Å². The van der Waals surface area contributed by atoms with Crippen molar-refractivity contribution in [2.45, 2.75) is 18.9 Å². The molecule has 2 aromatic heterocycles. The lowest BCUT2D eigenvalue weighted by molar-refractivity contribution is 0.0952. The van der Waals surface area contributed by atoms with Crippen molar-refractivity contribution in [2.24, 2.45) is 0 Å². The Morgan fingerprint density at radius 3 is 3.15 bits per heavy atom. The SMILES string of the molecule is O=C(NCCc1c[nH]c2ccccc12)c1ccnc(OC2CCOC2)c1. The molecule has 0 aliphatic carbocycles. The number of pyridine rings is 1. The van der Waals surface area contributed by atoms with Crippen LogP contribution in [0.2, 0.25) is 0 Å². The fourth-order valence-corrected chi connectivity index (χ4v) is 3.14. The Kier molecular flexibility index (Phi) is 4.84. The van der Waals surface area contributed by atoms with Gasteiger partial charge in [-0.25, -0.2) is 4.98 Å². The van der Waals surface area contributed by atoms with E-state index in [1.54, 1.807) is 18.3 Å². The second kappa shape index (κ2) is 7.58. The molecule has 0 radical (unpaired) electrons. The molecule has 1 amide bonds. The zero-order chi connectivity index (χ0) is 17.8. The minimum atomic E-state index is -0.125. The lowest BCUT2D eigenvalue weighted by Gasteiger charge is -2.11. The Balaban J connectivity index is 1.34. The maximum absolute atomic E-state index is 12.4. The van der Waals surface area contributed by atoms with Gasteiger partial charge in [0.05, 0.1) is 13.2 Å². The highest BCUT2D eigenvalue weighted by molar-refractivity contribution is 5.94. The van der Waals surface area contributed by atoms with Gasteiger partial charge < -0.3 is 19.8 Å². The third-order valence-corrected chi connectivity index (χ3v) is 4.53. The summed E-state index contributed by atoms with van der Waals surface area (Å²) in [6.45, 7) is 1.84. The van der Waals surface area contributed by atoms with Crippen molar-refractivity contribution in [1.82, 2.24) is 15.3 Å². The Labute approximate surface area is 151 Å². The van der Waals surface area contributed by atoms with Crippen molar-refractivity contribution in [3.05, 3.63) is 59.9 Å². The molecule has 26 heavy (non-hydrogen) atoms. The molecular formula is C20H21N3O3. The summed E-state index contributed by atoms with van der Waals surface area (Å²) >= 11 is 0. The van der Waals surface area contributed by atoms with Crippen LogP contribution in [-0.2, 0) is 11.2 Å². The van der Waals surface area contributed by atoms with E-state index >= 15 is 0 Å². The number of hydrogen-bond acceptors (Lipinski definition) is 4. The van der Waals surface area contributed by atoms with Gasteiger partial charge in [-0.15, -0.1) is 0 Å². The minimum Gasteiger partial charge on any atom is -0.472 e. The fourth-order valence-electron chi connectivity index (χ4n) is 3.14. The molecule has 3 aromatic rings. The number of carbonyl (C=O) groups is 1. The average Bonchev–Trinajstić information content (AvgIpc) is 3.32. The summed E-state index contributed by atoms with van der Waals surface area (Å²) in [5.41, 5.74) is 2.86. The van der Waals surface area contributed by atoms with Gasteiger partial charge in [0, 0.05) is 47.9 Å². The van der Waals surface area contributed by atoms with Crippen LogP contribution in [0, 0.1) is 0 Å². The maximum atomic E-state index is 12.4. The topological polar surface area (TPSA) is 76.2 Å². The second-order valence-electron chi connectivity index (χ2n) is 6.35. The van der Waals surface area contributed by atoms with Gasteiger partial charge in [0.25, 0.3) is 5.91 Å². The summed E-state index contributed by atoms with van der Waals surface area (Å²) in [6.07, 6.45) is 5.23. The molecule has 3 heterocycles. The smallest absolute Gasteiger partial charge is 0.251 e. The number of nitrogens with zero attached hydrogens (tertiary/aromatic N) is 1. The van der Waals surface area contributed by atoms with E-state index in [0.29, 0.717) is 31.2 Å². The molecule has 1 aliphatic rings. The van der Waals surface area contributed by atoms with Gasteiger partial charge in [0.2, 0.25) is 5.88 Å². The van der Waals surface area contributed by atoms with E-state index < -0.39 is 0 Å². The van der Waals surface area contributed by atoms with Gasteiger partial charge in [-0.05, 0) is 24.1 Å². The van der Waals surface area contributed by atoms with Crippen LogP contribution in [0.3, 0.4) is 0 Å². The summed E-state index contributed by atoms with van der Waals surface area (Å²) in [5.74, 6) is 0.338. The molecule has 0 bridgehead atoms. The van der Waals surface area contributed by atoms with Crippen molar-refractivity contribution < 1.29 is 14.3 Å². The van der Waals surface area contributed by atoms with Crippen LogP contribution in [0.15, 0.2) is 48.8 Å². The third kappa shape index (κ3) is 3.70. The number of fused-ring (bicyclic) bond motifs is 1. The van der Waals surface area contributed by atoms with Crippen molar-refractivity contribution >= 4 is 16.8 Å². The van der Waals surface area contributed by atoms with Crippen LogP contribution in [0.4, 0.5) is 0 Å². The number of amides is 1. The Morgan fingerprint density at radius 2 is 2.27 bits per heavy atom. The summed E-state index contributed by atoms with van der Waals surface area (Å²) in [6, 6.07) is 11.5. The molecule has 1 fully saturated rings. The van der Waals surface area contributed by atoms with Crippen LogP contribution < -0.4 is 10.1 Å². The monoisotopic (exact) mass is 351 g/mol. The van der Waals surface area contributed by atoms with E-state index in [4.69, 9.17) is 9.47 Å². The molecular weight excluding hydrogens is 330 g/mol. The first-order valence-electron chi connectivity index (χ1n) is 8.83. The molecule has 1 aliphatic heterocycles. The predicted molar refractivity (Wildman–Crippen MR) is 98.4 cm³/mol. The molecule has 0 spiro atoms. The van der Waals surface area contributed by atoms with Crippen LogP contribution in [0.1, 0.15) is 22.3 Å². The highest BCUT2D eigenvalue weighted by Gasteiger charge is 2.18. The first-order chi connectivity index (χ1) is 12.8. The lowest BCUT2D eigenvalue weighted by atomic mass is 10.1. The van der Waals surface area contributed by atoms with Crippen molar-refractivity contribution in [1.29, 1.82) is 0 Å². The molecule has 2 N–H and O–H groups in total. The van der Waals surface area contributed by atoms with E-state index in [1.807, 2.05) is 24.4 Å². The summed E-state index contributed by atoms with van der Waals surface area (Å²) < 4.78 is 11.0. The summed E-state index contributed by atoms with van der Waals surface area (Å²) in [5, 5.41) is 4.16. The molecule has 134 valence electrons. The van der Waals surface area contributed by atoms with Gasteiger partial charge in [-0.2, -0.15) is 0 Å². The number of para-hydroxylation sites is 1. The molecule has 1 aromatic carbocycles. The number of ether oxygens (including phenoxy) is 2. The first kappa shape index (κ1) is 16.6. The summed E-state index contributed by atoms with van der Waals surface area (Å²) in [4.78, 5) is 19.8. The molecule has 1 saturated heterocycles. The van der Waals surface area contributed by atoms with Gasteiger partial charge in [-0.1, -0.05) is 18.2 Å². The highest BCUT2D eigenvalue weighted by Crippen LogP contribution is 2.18. The van der Waals surface area contributed by atoms with Crippen molar-refractivity contribution in [3.8, 4) is 5.88 Å². The normalized spacial score (nSPS) is 16.7. The Morgan fingerprint density at radius 1 is 1.35 bits per heavy atom. The fraction of sp³-hybridized carbons (Fsp3) is 0.300. The number of aromatic amines is 1. The van der Waals surface area contributed by atoms with E-state index in [1.165, 1.54) is 10.9 Å². The number of hydrogen-bond donors (Lipinski definition) is 2. The first-order valence-corrected chi connectivity index (χ1v) is 8.83. The number of carbonyl (C=O) groups excluding carboxylic acids is 1. The van der Waals surface area contributed by atoms with Gasteiger partial charge >= 0.3 is 0 Å². The maximum Gasteiger partial charge on any atom is 0.251 e. The van der Waals surface area contributed by atoms with E-state index in [-0.39, 0.29) is 12.0 Å². The van der Waals surface area contributed by atoms with Gasteiger partial charge in [0.15, 0.2) is 0 Å².